The maximum atomic E-state index is 14.6. The number of aromatic hydroxyl groups is 1. The highest BCUT2D eigenvalue weighted by molar-refractivity contribution is 6.25. The Morgan fingerprint density at radius 2 is 1.49 bits per heavy atom. The topological polar surface area (TPSA) is 151 Å². The number of amides is 4. The Hall–Kier alpha value is -5.45. The summed E-state index contributed by atoms with van der Waals surface area (Å²) in [5.74, 6) is -6.48. The SMILES string of the molecule is COc1cc(O)cc(OC)c1C1C2=CCC3C(=O)N(c4cccc(C(=O)O)c4)C(=O)C3C2CC2C(=O)N(c3ccccc3)C(=O)C21C. The number of fused-ring (bicyclic) bond motifs is 4. The van der Waals surface area contributed by atoms with Crippen LogP contribution in [0.5, 0.6) is 17.2 Å². The van der Waals surface area contributed by atoms with Crippen LogP contribution in [-0.4, -0.2) is 54.0 Å². The highest BCUT2D eigenvalue weighted by Crippen LogP contribution is 2.65. The van der Waals surface area contributed by atoms with Gasteiger partial charge in [0.25, 0.3) is 0 Å². The average molecular weight is 637 g/mol. The van der Waals surface area contributed by atoms with Crippen LogP contribution in [0.4, 0.5) is 11.4 Å². The van der Waals surface area contributed by atoms with Crippen LogP contribution in [-0.2, 0) is 19.2 Å². The van der Waals surface area contributed by atoms with Crippen molar-refractivity contribution in [1.29, 1.82) is 0 Å². The maximum Gasteiger partial charge on any atom is 0.335 e. The van der Waals surface area contributed by atoms with Gasteiger partial charge in [-0.3, -0.25) is 24.1 Å². The van der Waals surface area contributed by atoms with E-state index in [9.17, 15) is 34.2 Å². The molecule has 240 valence electrons. The summed E-state index contributed by atoms with van der Waals surface area (Å²) in [7, 11) is 2.87. The van der Waals surface area contributed by atoms with Crippen LogP contribution >= 0.6 is 0 Å². The first-order valence-corrected chi connectivity index (χ1v) is 15.3. The van der Waals surface area contributed by atoms with Gasteiger partial charge in [0.1, 0.15) is 17.2 Å². The van der Waals surface area contributed by atoms with E-state index in [1.54, 1.807) is 37.3 Å². The maximum absolute atomic E-state index is 14.6. The van der Waals surface area contributed by atoms with E-state index in [0.29, 0.717) is 16.8 Å². The van der Waals surface area contributed by atoms with Crippen LogP contribution in [0.1, 0.15) is 41.6 Å². The van der Waals surface area contributed by atoms with E-state index in [0.717, 1.165) is 4.90 Å². The molecule has 2 aliphatic heterocycles. The summed E-state index contributed by atoms with van der Waals surface area (Å²) in [6.07, 6.45) is 2.23. The minimum Gasteiger partial charge on any atom is -0.508 e. The van der Waals surface area contributed by atoms with Gasteiger partial charge in [-0.1, -0.05) is 35.9 Å². The normalized spacial score (nSPS) is 28.1. The van der Waals surface area contributed by atoms with Crippen molar-refractivity contribution in [2.75, 3.05) is 24.0 Å². The largest absolute Gasteiger partial charge is 0.508 e. The smallest absolute Gasteiger partial charge is 0.335 e. The highest BCUT2D eigenvalue weighted by Gasteiger charge is 2.68. The van der Waals surface area contributed by atoms with E-state index < -0.39 is 64.6 Å². The summed E-state index contributed by atoms with van der Waals surface area (Å²) in [4.78, 5) is 71.1. The number of para-hydroxylation sites is 1. The fraction of sp³-hybridized carbons (Fsp3) is 0.306. The Bertz CT molecular complexity index is 1880. The summed E-state index contributed by atoms with van der Waals surface area (Å²) >= 11 is 0. The monoisotopic (exact) mass is 636 g/mol. The van der Waals surface area contributed by atoms with Gasteiger partial charge in [0.2, 0.25) is 23.6 Å². The number of carboxylic acids is 1. The number of ether oxygens (including phenoxy) is 2. The number of aromatic carboxylic acids is 1. The lowest BCUT2D eigenvalue weighted by atomic mass is 9.51. The molecule has 0 spiro atoms. The summed E-state index contributed by atoms with van der Waals surface area (Å²) in [6, 6.07) is 17.2. The van der Waals surface area contributed by atoms with Gasteiger partial charge in [-0.25, -0.2) is 9.69 Å². The number of phenolic OH excluding ortho intramolecular Hbond substituents is 1. The molecule has 0 radical (unpaired) electrons. The van der Waals surface area contributed by atoms with Gasteiger partial charge < -0.3 is 19.7 Å². The molecule has 3 fully saturated rings. The quantitative estimate of drug-likeness (QED) is 0.294. The van der Waals surface area contributed by atoms with Gasteiger partial charge >= 0.3 is 5.97 Å². The Balaban J connectivity index is 1.41. The van der Waals surface area contributed by atoms with E-state index >= 15 is 0 Å². The number of hydrogen-bond acceptors (Lipinski definition) is 8. The Morgan fingerprint density at radius 1 is 0.830 bits per heavy atom. The van der Waals surface area contributed by atoms with Gasteiger partial charge in [0.15, 0.2) is 0 Å². The van der Waals surface area contributed by atoms with Crippen LogP contribution in [0.15, 0.2) is 78.4 Å². The summed E-state index contributed by atoms with van der Waals surface area (Å²) in [5, 5.41) is 20.0. The molecule has 11 heteroatoms. The molecule has 2 heterocycles. The standard InChI is InChI=1S/C36H32N2O9/c1-36-25(32(41)38(35(36)45)19-9-5-4-6-10-19)17-24-22(30(36)29-26(46-2)15-21(39)16-27(29)47-3)12-13-23-28(24)33(42)37(31(23)40)20-11-7-8-18(14-20)34(43)44/h4-12,14-16,23-25,28,30,39H,13,17H2,1-3H3,(H,43,44). The third-order valence-electron chi connectivity index (χ3n) is 10.5. The third kappa shape index (κ3) is 4.22. The average Bonchev–Trinajstić information content (AvgIpc) is 3.44. The molecule has 47 heavy (non-hydrogen) atoms. The van der Waals surface area contributed by atoms with Crippen LogP contribution in [0.2, 0.25) is 0 Å². The molecule has 11 nitrogen and oxygen atoms in total. The fourth-order valence-electron chi connectivity index (χ4n) is 8.39. The van der Waals surface area contributed by atoms with E-state index in [2.05, 4.69) is 0 Å². The van der Waals surface area contributed by atoms with Gasteiger partial charge in [0, 0.05) is 23.6 Å². The number of carbonyl (C=O) groups excluding carboxylic acids is 4. The second-order valence-corrected chi connectivity index (χ2v) is 12.6. The number of methoxy groups -OCH3 is 2. The zero-order chi connectivity index (χ0) is 33.4. The number of benzene rings is 3. The van der Waals surface area contributed by atoms with E-state index in [4.69, 9.17) is 9.47 Å². The van der Waals surface area contributed by atoms with E-state index in [-0.39, 0.29) is 41.3 Å². The molecular formula is C36H32N2O9. The molecule has 1 saturated carbocycles. The summed E-state index contributed by atoms with van der Waals surface area (Å²) in [5.41, 5.74) is 0.346. The Labute approximate surface area is 270 Å². The molecule has 3 aromatic rings. The lowest BCUT2D eigenvalue weighted by Gasteiger charge is -2.49. The molecule has 0 aromatic heterocycles. The zero-order valence-electron chi connectivity index (χ0n) is 25.9. The molecule has 4 aliphatic rings. The molecular weight excluding hydrogens is 604 g/mol. The number of allylic oxidation sites excluding steroid dienone is 2. The predicted octanol–water partition coefficient (Wildman–Crippen LogP) is 4.54. The first kappa shape index (κ1) is 30.2. The molecule has 2 saturated heterocycles. The number of imide groups is 2. The van der Waals surface area contributed by atoms with Crippen molar-refractivity contribution in [2.24, 2.45) is 29.1 Å². The second kappa shape index (κ2) is 10.8. The third-order valence-corrected chi connectivity index (χ3v) is 10.5. The van der Waals surface area contributed by atoms with Crippen LogP contribution < -0.4 is 19.3 Å². The van der Waals surface area contributed by atoms with Gasteiger partial charge in [0.05, 0.1) is 54.3 Å². The number of nitrogens with zero attached hydrogens (tertiary/aromatic N) is 2. The molecule has 2 aliphatic carbocycles. The van der Waals surface area contributed by atoms with Crippen LogP contribution in [0.3, 0.4) is 0 Å². The molecule has 6 unspecified atom stereocenters. The van der Waals surface area contributed by atoms with Gasteiger partial charge in [-0.15, -0.1) is 0 Å². The molecule has 0 bridgehead atoms. The molecule has 6 atom stereocenters. The predicted molar refractivity (Wildman–Crippen MR) is 168 cm³/mol. The minimum atomic E-state index is -1.35. The Morgan fingerprint density at radius 3 is 2.13 bits per heavy atom. The Kier molecular flexibility index (Phi) is 6.96. The molecule has 3 aromatic carbocycles. The lowest BCUT2D eigenvalue weighted by Crippen LogP contribution is -2.49. The number of phenols is 1. The molecule has 7 rings (SSSR count). The summed E-state index contributed by atoms with van der Waals surface area (Å²) in [6.45, 7) is 1.76. The highest BCUT2D eigenvalue weighted by atomic mass is 16.5. The molecule has 2 N–H and O–H groups in total. The van der Waals surface area contributed by atoms with Crippen molar-refractivity contribution in [3.8, 4) is 17.2 Å². The first-order chi connectivity index (χ1) is 22.5. The minimum absolute atomic E-state index is 0.0622. The van der Waals surface area contributed by atoms with E-state index in [1.807, 2.05) is 6.08 Å². The van der Waals surface area contributed by atoms with Crippen LogP contribution in [0.25, 0.3) is 0 Å². The van der Waals surface area contributed by atoms with Crippen LogP contribution in [0, 0.1) is 29.1 Å². The number of carboxylic acid groups (broad SMARTS) is 1. The van der Waals surface area contributed by atoms with Crippen molar-refractivity contribution in [1.82, 2.24) is 0 Å². The van der Waals surface area contributed by atoms with Crippen molar-refractivity contribution < 1.29 is 43.7 Å². The van der Waals surface area contributed by atoms with Gasteiger partial charge in [-0.2, -0.15) is 0 Å². The zero-order valence-corrected chi connectivity index (χ0v) is 25.9. The number of anilines is 2. The van der Waals surface area contributed by atoms with Crippen molar-refractivity contribution >= 4 is 41.0 Å². The number of rotatable bonds is 6. The van der Waals surface area contributed by atoms with Crippen molar-refractivity contribution in [2.45, 2.75) is 25.7 Å². The number of hydrogen-bond donors (Lipinski definition) is 2. The van der Waals surface area contributed by atoms with Crippen molar-refractivity contribution in [3.05, 3.63) is 89.5 Å². The summed E-state index contributed by atoms with van der Waals surface area (Å²) < 4.78 is 11.5. The fourth-order valence-corrected chi connectivity index (χ4v) is 8.39. The lowest BCUT2D eigenvalue weighted by molar-refractivity contribution is -0.131. The second-order valence-electron chi connectivity index (χ2n) is 12.6. The van der Waals surface area contributed by atoms with E-state index in [1.165, 1.54) is 55.5 Å². The van der Waals surface area contributed by atoms with Crippen molar-refractivity contribution in [3.63, 3.8) is 0 Å². The van der Waals surface area contributed by atoms with Gasteiger partial charge in [-0.05, 0) is 56.0 Å². The molecule has 4 amide bonds. The number of carbonyl (C=O) groups is 5. The first-order valence-electron chi connectivity index (χ1n) is 15.3.